The molecule has 2 heterocycles. The van der Waals surface area contributed by atoms with E-state index in [1.807, 2.05) is 0 Å². The van der Waals surface area contributed by atoms with Gasteiger partial charge in [0.25, 0.3) is 0 Å². The highest BCUT2D eigenvalue weighted by Gasteiger charge is 2.32. The first-order chi connectivity index (χ1) is 9.61. The molecule has 2 unspecified atom stereocenters. The minimum Gasteiger partial charge on any atom is -0.480 e. The molecule has 2 fully saturated rings. The lowest BCUT2D eigenvalue weighted by Crippen LogP contribution is -2.48. The lowest BCUT2D eigenvalue weighted by atomic mass is 10.2. The fraction of sp³-hybridized carbons (Fsp3) is 0.846. The first-order valence-corrected chi connectivity index (χ1v) is 7.25. The topological polar surface area (TPSA) is 93.1 Å². The number of hydrogen-bond acceptors (Lipinski definition) is 4. The second kappa shape index (κ2) is 6.90. The van der Waals surface area contributed by atoms with Gasteiger partial charge >= 0.3 is 12.0 Å². The number of nitrogens with one attached hydrogen (secondary N) is 1. The Hall–Kier alpha value is -1.34. The number of aliphatic carboxylic acids is 1. The van der Waals surface area contributed by atoms with Crippen LogP contribution in [0.1, 0.15) is 25.7 Å². The van der Waals surface area contributed by atoms with Crippen molar-refractivity contribution < 1.29 is 19.8 Å². The summed E-state index contributed by atoms with van der Waals surface area (Å²) in [7, 11) is 0. The van der Waals surface area contributed by atoms with Crippen molar-refractivity contribution in [1.82, 2.24) is 15.1 Å². The highest BCUT2D eigenvalue weighted by atomic mass is 16.4. The molecule has 7 nitrogen and oxygen atoms in total. The highest BCUT2D eigenvalue weighted by Crippen LogP contribution is 2.20. The van der Waals surface area contributed by atoms with E-state index >= 15 is 0 Å². The lowest BCUT2D eigenvalue weighted by molar-refractivity contribution is -0.139. The molecule has 0 saturated carbocycles. The Morgan fingerprint density at radius 3 is 2.55 bits per heavy atom. The van der Waals surface area contributed by atoms with Crippen molar-refractivity contribution in [1.29, 1.82) is 0 Å². The molecule has 0 aromatic rings. The van der Waals surface area contributed by atoms with Gasteiger partial charge in [-0.1, -0.05) is 0 Å². The summed E-state index contributed by atoms with van der Waals surface area (Å²) in [6.45, 7) is 3.27. The number of carboxylic acids is 1. The third-order valence-corrected chi connectivity index (χ3v) is 4.12. The maximum atomic E-state index is 12.0. The van der Waals surface area contributed by atoms with Gasteiger partial charge in [-0.25, -0.2) is 9.59 Å². The van der Waals surface area contributed by atoms with E-state index in [0.717, 1.165) is 19.5 Å². The molecule has 114 valence electrons. The summed E-state index contributed by atoms with van der Waals surface area (Å²) in [5.74, 6) is -1.11. The largest absolute Gasteiger partial charge is 0.480 e. The van der Waals surface area contributed by atoms with Gasteiger partial charge < -0.3 is 20.4 Å². The number of rotatable bonds is 5. The fourth-order valence-electron chi connectivity index (χ4n) is 2.96. The first-order valence-electron chi connectivity index (χ1n) is 7.25. The zero-order valence-corrected chi connectivity index (χ0v) is 11.6. The Labute approximate surface area is 118 Å². The molecule has 0 radical (unpaired) electrons. The zero-order valence-electron chi connectivity index (χ0n) is 11.6. The summed E-state index contributed by atoms with van der Waals surface area (Å²) in [6.07, 6.45) is 3.43. The van der Waals surface area contributed by atoms with E-state index in [1.165, 1.54) is 12.8 Å². The number of carbonyl (C=O) groups excluding carboxylic acids is 1. The van der Waals surface area contributed by atoms with Crippen molar-refractivity contribution in [3.05, 3.63) is 0 Å². The number of amides is 2. The quantitative estimate of drug-likeness (QED) is 0.645. The number of likely N-dealkylation sites (tertiary alicyclic amines) is 2. The minimum absolute atomic E-state index is 0.0322. The standard InChI is InChI=1S/C13H23N3O4/c17-8-4-11(12(18)19)14-13(20)16-7-3-10(9-16)15-5-1-2-6-15/h10-11,17H,1-9H2,(H,14,20)(H,18,19). The summed E-state index contributed by atoms with van der Waals surface area (Å²) in [6, 6.07) is -0.949. The molecule has 0 aliphatic carbocycles. The Bertz CT molecular complexity index is 358. The lowest BCUT2D eigenvalue weighted by Gasteiger charge is -2.24. The van der Waals surface area contributed by atoms with Gasteiger partial charge in [0.1, 0.15) is 6.04 Å². The second-order valence-corrected chi connectivity index (χ2v) is 5.48. The van der Waals surface area contributed by atoms with Crippen LogP contribution >= 0.6 is 0 Å². The van der Waals surface area contributed by atoms with Crippen LogP contribution in [0.5, 0.6) is 0 Å². The minimum atomic E-state index is -1.11. The third kappa shape index (κ3) is 3.61. The number of urea groups is 1. The van der Waals surface area contributed by atoms with E-state index in [4.69, 9.17) is 10.2 Å². The Morgan fingerprint density at radius 2 is 1.95 bits per heavy atom. The number of nitrogens with zero attached hydrogens (tertiary/aromatic N) is 2. The molecule has 2 atom stereocenters. The third-order valence-electron chi connectivity index (χ3n) is 4.12. The molecule has 2 saturated heterocycles. The Kier molecular flexibility index (Phi) is 5.19. The van der Waals surface area contributed by atoms with Gasteiger partial charge in [0, 0.05) is 32.2 Å². The first kappa shape index (κ1) is 15.1. The van der Waals surface area contributed by atoms with E-state index < -0.39 is 12.0 Å². The van der Waals surface area contributed by atoms with E-state index in [1.54, 1.807) is 4.90 Å². The fourth-order valence-corrected chi connectivity index (χ4v) is 2.96. The summed E-state index contributed by atoms with van der Waals surface area (Å²) >= 11 is 0. The summed E-state index contributed by atoms with van der Waals surface area (Å²) in [5.41, 5.74) is 0. The number of aliphatic hydroxyl groups excluding tert-OH is 1. The summed E-state index contributed by atoms with van der Waals surface area (Å²) in [4.78, 5) is 27.1. The Balaban J connectivity index is 1.82. The van der Waals surface area contributed by atoms with Crippen molar-refractivity contribution in [3.8, 4) is 0 Å². The van der Waals surface area contributed by atoms with Crippen molar-refractivity contribution >= 4 is 12.0 Å². The van der Waals surface area contributed by atoms with E-state index in [2.05, 4.69) is 10.2 Å². The van der Waals surface area contributed by atoms with Gasteiger partial charge in [0.15, 0.2) is 0 Å². The number of hydrogen-bond donors (Lipinski definition) is 3. The van der Waals surface area contributed by atoms with Crippen LogP contribution in [-0.2, 0) is 4.79 Å². The summed E-state index contributed by atoms with van der Waals surface area (Å²) < 4.78 is 0. The second-order valence-electron chi connectivity index (χ2n) is 5.48. The van der Waals surface area contributed by atoms with Crippen LogP contribution in [0.15, 0.2) is 0 Å². The molecule has 20 heavy (non-hydrogen) atoms. The molecule has 2 aliphatic rings. The van der Waals surface area contributed by atoms with Gasteiger partial charge in [-0.2, -0.15) is 0 Å². The van der Waals surface area contributed by atoms with Crippen LogP contribution in [0.4, 0.5) is 4.79 Å². The number of carbonyl (C=O) groups is 2. The van der Waals surface area contributed by atoms with Crippen LogP contribution in [0.2, 0.25) is 0 Å². The van der Waals surface area contributed by atoms with Gasteiger partial charge in [0.05, 0.1) is 0 Å². The predicted molar refractivity (Wildman–Crippen MR) is 72.4 cm³/mol. The Morgan fingerprint density at radius 1 is 1.25 bits per heavy atom. The van der Waals surface area contributed by atoms with Gasteiger partial charge in [-0.15, -0.1) is 0 Å². The van der Waals surface area contributed by atoms with Gasteiger partial charge in [-0.3, -0.25) is 4.90 Å². The summed E-state index contributed by atoms with van der Waals surface area (Å²) in [5, 5.41) is 20.3. The monoisotopic (exact) mass is 285 g/mol. The number of carboxylic acid groups (broad SMARTS) is 1. The van der Waals surface area contributed by atoms with Gasteiger partial charge in [0.2, 0.25) is 0 Å². The maximum absolute atomic E-state index is 12.0. The van der Waals surface area contributed by atoms with Crippen molar-refractivity contribution in [2.45, 2.75) is 37.8 Å². The average molecular weight is 285 g/mol. The van der Waals surface area contributed by atoms with Crippen LogP contribution in [0.3, 0.4) is 0 Å². The molecule has 0 aromatic carbocycles. The number of aliphatic hydroxyl groups is 1. The molecule has 0 bridgehead atoms. The normalized spacial score (nSPS) is 24.9. The van der Waals surface area contributed by atoms with Crippen molar-refractivity contribution in [2.75, 3.05) is 32.8 Å². The molecular weight excluding hydrogens is 262 g/mol. The maximum Gasteiger partial charge on any atom is 0.326 e. The van der Waals surface area contributed by atoms with Crippen LogP contribution in [-0.4, -0.2) is 76.9 Å². The van der Waals surface area contributed by atoms with E-state index in [-0.39, 0.29) is 19.1 Å². The average Bonchev–Trinajstić information content (AvgIpc) is 3.08. The van der Waals surface area contributed by atoms with Crippen molar-refractivity contribution in [3.63, 3.8) is 0 Å². The molecule has 7 heteroatoms. The van der Waals surface area contributed by atoms with Crippen LogP contribution in [0, 0.1) is 0 Å². The van der Waals surface area contributed by atoms with E-state index in [0.29, 0.717) is 19.1 Å². The molecule has 0 aromatic heterocycles. The molecular formula is C13H23N3O4. The molecule has 2 aliphatic heterocycles. The van der Waals surface area contributed by atoms with E-state index in [9.17, 15) is 9.59 Å². The molecule has 0 spiro atoms. The molecule has 2 amide bonds. The van der Waals surface area contributed by atoms with Crippen LogP contribution in [0.25, 0.3) is 0 Å². The van der Waals surface area contributed by atoms with Crippen molar-refractivity contribution in [2.24, 2.45) is 0 Å². The van der Waals surface area contributed by atoms with Crippen LogP contribution < -0.4 is 5.32 Å². The highest BCUT2D eigenvalue weighted by molar-refractivity contribution is 5.82. The molecule has 3 N–H and O–H groups in total. The molecule has 2 rings (SSSR count). The SMILES string of the molecule is O=C(O)C(CCO)NC(=O)N1CCC(N2CCCC2)C1. The zero-order chi connectivity index (χ0) is 14.5. The predicted octanol–water partition coefficient (Wildman–Crippen LogP) is -0.298. The van der Waals surface area contributed by atoms with Gasteiger partial charge in [-0.05, 0) is 32.4 Å². The smallest absolute Gasteiger partial charge is 0.326 e.